The quantitative estimate of drug-likeness (QED) is 0.405. The second-order valence-electron chi connectivity index (χ2n) is 11.7. The smallest absolute Gasteiger partial charge is 0.314 e. The molecule has 5 heteroatoms. The lowest BCUT2D eigenvalue weighted by atomic mass is 9.42. The zero-order valence-electron chi connectivity index (χ0n) is 23.5. The summed E-state index contributed by atoms with van der Waals surface area (Å²) in [4.78, 5) is 29.8. The van der Waals surface area contributed by atoms with Crippen LogP contribution >= 0.6 is 0 Å². The van der Waals surface area contributed by atoms with Gasteiger partial charge in [0.1, 0.15) is 5.75 Å². The van der Waals surface area contributed by atoms with Crippen LogP contribution in [-0.4, -0.2) is 44.1 Å². The highest BCUT2D eigenvalue weighted by Gasteiger charge is 2.71. The van der Waals surface area contributed by atoms with Crippen molar-refractivity contribution in [1.82, 2.24) is 4.90 Å². The Balaban J connectivity index is 1.51. The second-order valence-corrected chi connectivity index (χ2v) is 11.7. The lowest BCUT2D eigenvalue weighted by Gasteiger charge is -2.59. The van der Waals surface area contributed by atoms with Gasteiger partial charge in [-0.2, -0.15) is 0 Å². The molecule has 0 radical (unpaired) electrons. The third-order valence-corrected chi connectivity index (χ3v) is 10.2. The standard InChI is InChI=1S/C34H37NO4/c1-21-16-25(17-22(2)23(21)3)33-15-14-28(26-11-7-8-12-27(26)33)34(32(37)39-5)20-35(19-30(33)34)31(36)18-24-10-6-9-13-29(24)38-4/h6-13,16-17,28,30H,14-15,18-20H2,1-5H3. The zero-order valence-corrected chi connectivity index (χ0v) is 23.5. The molecule has 4 aliphatic rings. The Morgan fingerprint density at radius 1 is 0.974 bits per heavy atom. The van der Waals surface area contributed by atoms with Gasteiger partial charge in [-0.15, -0.1) is 0 Å². The molecule has 0 spiro atoms. The maximum Gasteiger partial charge on any atom is 0.314 e. The van der Waals surface area contributed by atoms with Crippen LogP contribution in [0.4, 0.5) is 0 Å². The fourth-order valence-corrected chi connectivity index (χ4v) is 8.24. The number of hydrogen-bond donors (Lipinski definition) is 0. The molecule has 2 fully saturated rings. The van der Waals surface area contributed by atoms with Gasteiger partial charge in [0.15, 0.2) is 0 Å². The third-order valence-electron chi connectivity index (χ3n) is 10.2. The van der Waals surface area contributed by atoms with Crippen molar-refractivity contribution in [3.63, 3.8) is 0 Å². The predicted molar refractivity (Wildman–Crippen MR) is 151 cm³/mol. The summed E-state index contributed by atoms with van der Waals surface area (Å²) < 4.78 is 11.1. The highest BCUT2D eigenvalue weighted by atomic mass is 16.5. The number of nitrogens with zero attached hydrogens (tertiary/aromatic N) is 1. The number of hydrogen-bond acceptors (Lipinski definition) is 4. The van der Waals surface area contributed by atoms with Crippen molar-refractivity contribution in [3.05, 3.63) is 99.6 Å². The summed E-state index contributed by atoms with van der Waals surface area (Å²) >= 11 is 0. The van der Waals surface area contributed by atoms with Crippen LogP contribution in [0.5, 0.6) is 5.75 Å². The van der Waals surface area contributed by atoms with E-state index in [0.29, 0.717) is 18.8 Å². The second kappa shape index (κ2) is 9.25. The first-order valence-corrected chi connectivity index (χ1v) is 13.9. The van der Waals surface area contributed by atoms with Crippen molar-refractivity contribution in [2.24, 2.45) is 11.3 Å². The van der Waals surface area contributed by atoms with Crippen LogP contribution in [0.15, 0.2) is 60.7 Å². The van der Waals surface area contributed by atoms with E-state index in [1.807, 2.05) is 29.2 Å². The molecular weight excluding hydrogens is 486 g/mol. The summed E-state index contributed by atoms with van der Waals surface area (Å²) in [5, 5.41) is 0. The number of esters is 1. The molecule has 39 heavy (non-hydrogen) atoms. The van der Waals surface area contributed by atoms with Crippen LogP contribution in [0.2, 0.25) is 0 Å². The van der Waals surface area contributed by atoms with Gasteiger partial charge in [-0.05, 0) is 73.1 Å². The molecule has 0 N–H and O–H groups in total. The maximum atomic E-state index is 14.0. The minimum atomic E-state index is -0.787. The number of ether oxygens (including phenoxy) is 2. The van der Waals surface area contributed by atoms with E-state index in [-0.39, 0.29) is 35.5 Å². The minimum Gasteiger partial charge on any atom is -0.496 e. The fraction of sp³-hybridized carbons (Fsp3) is 0.412. The number of aryl methyl sites for hydroxylation is 2. The van der Waals surface area contributed by atoms with Crippen molar-refractivity contribution >= 4 is 11.9 Å². The van der Waals surface area contributed by atoms with Crippen LogP contribution in [-0.2, 0) is 26.2 Å². The summed E-state index contributed by atoms with van der Waals surface area (Å²) in [6.07, 6.45) is 2.08. The molecule has 2 bridgehead atoms. The predicted octanol–water partition coefficient (Wildman–Crippen LogP) is 5.66. The highest BCUT2D eigenvalue weighted by Crippen LogP contribution is 2.69. The Morgan fingerprint density at radius 3 is 2.38 bits per heavy atom. The van der Waals surface area contributed by atoms with Gasteiger partial charge in [0.05, 0.1) is 26.1 Å². The molecule has 5 nitrogen and oxygen atoms in total. The van der Waals surface area contributed by atoms with Gasteiger partial charge >= 0.3 is 5.97 Å². The van der Waals surface area contributed by atoms with Crippen LogP contribution in [0.3, 0.4) is 0 Å². The van der Waals surface area contributed by atoms with Crippen molar-refractivity contribution < 1.29 is 19.1 Å². The van der Waals surface area contributed by atoms with E-state index in [4.69, 9.17) is 9.47 Å². The number of fused-ring (bicyclic) bond motifs is 1. The fourth-order valence-electron chi connectivity index (χ4n) is 8.24. The zero-order chi connectivity index (χ0) is 27.5. The van der Waals surface area contributed by atoms with Crippen molar-refractivity contribution in [2.45, 2.75) is 51.4 Å². The molecule has 1 aliphatic heterocycles. The topological polar surface area (TPSA) is 55.8 Å². The van der Waals surface area contributed by atoms with Crippen molar-refractivity contribution in [3.8, 4) is 5.75 Å². The number of rotatable bonds is 5. The monoisotopic (exact) mass is 523 g/mol. The first kappa shape index (κ1) is 25.7. The summed E-state index contributed by atoms with van der Waals surface area (Å²) in [6, 6.07) is 21.0. The highest BCUT2D eigenvalue weighted by molar-refractivity contribution is 5.86. The Kier molecular flexibility index (Phi) is 6.09. The Morgan fingerprint density at radius 2 is 1.67 bits per heavy atom. The molecule has 202 valence electrons. The van der Waals surface area contributed by atoms with E-state index in [2.05, 4.69) is 57.2 Å². The van der Waals surface area contributed by atoms with Gasteiger partial charge in [-0.25, -0.2) is 0 Å². The van der Waals surface area contributed by atoms with Crippen molar-refractivity contribution in [2.75, 3.05) is 27.3 Å². The molecule has 3 aromatic carbocycles. The van der Waals surface area contributed by atoms with Crippen LogP contribution in [0, 0.1) is 32.1 Å². The molecule has 1 heterocycles. The van der Waals surface area contributed by atoms with E-state index in [1.54, 1.807) is 7.11 Å². The summed E-state index contributed by atoms with van der Waals surface area (Å²) in [6.45, 7) is 7.43. The lowest BCUT2D eigenvalue weighted by Crippen LogP contribution is -2.60. The molecule has 7 rings (SSSR count). The number of amides is 1. The number of benzene rings is 3. The average Bonchev–Trinajstić information content (AvgIpc) is 3.39. The summed E-state index contributed by atoms with van der Waals surface area (Å²) in [5.41, 5.74) is 7.32. The number of likely N-dealkylation sites (tertiary alicyclic amines) is 1. The van der Waals surface area contributed by atoms with E-state index in [0.717, 1.165) is 18.4 Å². The number of carbonyl (C=O) groups is 2. The normalized spacial score (nSPS) is 26.6. The number of carbonyl (C=O) groups excluding carboxylic acids is 2. The van der Waals surface area contributed by atoms with Crippen LogP contribution in [0.1, 0.15) is 57.7 Å². The molecule has 0 aromatic heterocycles. The van der Waals surface area contributed by atoms with Gasteiger partial charge < -0.3 is 14.4 Å². The number of para-hydroxylation sites is 1. The third kappa shape index (κ3) is 3.51. The average molecular weight is 524 g/mol. The Bertz CT molecular complexity index is 1450. The molecule has 4 atom stereocenters. The first-order chi connectivity index (χ1) is 18.8. The van der Waals surface area contributed by atoms with E-state index in [9.17, 15) is 9.59 Å². The molecule has 1 amide bonds. The SMILES string of the molecule is COC(=O)C12CN(C(=O)Cc3ccccc3OC)CC1C1(c3cc(C)c(C)c(C)c3)CCC2c2ccccc21. The summed E-state index contributed by atoms with van der Waals surface area (Å²) in [7, 11) is 3.12. The summed E-state index contributed by atoms with van der Waals surface area (Å²) in [5.74, 6) is 0.481. The van der Waals surface area contributed by atoms with Crippen LogP contribution < -0.4 is 4.74 Å². The van der Waals surface area contributed by atoms with Gasteiger partial charge in [0, 0.05) is 35.9 Å². The lowest BCUT2D eigenvalue weighted by molar-refractivity contribution is -0.161. The minimum absolute atomic E-state index is 0.0183. The number of methoxy groups -OCH3 is 2. The molecule has 4 unspecified atom stereocenters. The van der Waals surface area contributed by atoms with E-state index >= 15 is 0 Å². The Hall–Kier alpha value is -3.60. The maximum absolute atomic E-state index is 14.0. The molecule has 1 saturated heterocycles. The van der Waals surface area contributed by atoms with Gasteiger partial charge in [0.25, 0.3) is 0 Å². The van der Waals surface area contributed by atoms with Gasteiger partial charge in [-0.3, -0.25) is 9.59 Å². The molecule has 3 aromatic rings. The van der Waals surface area contributed by atoms with Gasteiger partial charge in [0.2, 0.25) is 5.91 Å². The van der Waals surface area contributed by atoms with E-state index < -0.39 is 5.41 Å². The molecular formula is C34H37NO4. The molecule has 1 saturated carbocycles. The first-order valence-electron chi connectivity index (χ1n) is 13.9. The van der Waals surface area contributed by atoms with Gasteiger partial charge in [-0.1, -0.05) is 54.6 Å². The van der Waals surface area contributed by atoms with Crippen LogP contribution in [0.25, 0.3) is 0 Å². The van der Waals surface area contributed by atoms with E-state index in [1.165, 1.54) is 40.5 Å². The van der Waals surface area contributed by atoms with Crippen molar-refractivity contribution in [1.29, 1.82) is 0 Å². The molecule has 3 aliphatic carbocycles. The largest absolute Gasteiger partial charge is 0.496 e. The Labute approximate surface area is 231 Å².